The highest BCUT2D eigenvalue weighted by atomic mass is 15.0. The van der Waals surface area contributed by atoms with Gasteiger partial charge in [-0.15, -0.1) is 0 Å². The van der Waals surface area contributed by atoms with Gasteiger partial charge >= 0.3 is 0 Å². The van der Waals surface area contributed by atoms with Crippen LogP contribution in [0.1, 0.15) is 26.2 Å². The topological polar surface area (TPSA) is 50.7 Å². The van der Waals surface area contributed by atoms with Crippen molar-refractivity contribution in [2.24, 2.45) is 15.7 Å². The summed E-state index contributed by atoms with van der Waals surface area (Å²) in [7, 11) is 0. The maximum absolute atomic E-state index is 5.50. The van der Waals surface area contributed by atoms with Gasteiger partial charge in [-0.25, -0.2) is 0 Å². The van der Waals surface area contributed by atoms with Gasteiger partial charge in [0.15, 0.2) is 0 Å². The van der Waals surface area contributed by atoms with Crippen molar-refractivity contribution >= 4 is 11.4 Å². The number of hydrogen-bond donors (Lipinski definition) is 1. The van der Waals surface area contributed by atoms with Crippen molar-refractivity contribution in [2.75, 3.05) is 0 Å². The first kappa shape index (κ1) is 6.98. The Morgan fingerprint density at radius 1 is 1.36 bits per heavy atom. The molecule has 0 aliphatic carbocycles. The van der Waals surface area contributed by atoms with Crippen molar-refractivity contribution in [3.05, 3.63) is 0 Å². The zero-order valence-corrected chi connectivity index (χ0v) is 6.75. The average Bonchev–Trinajstić information content (AvgIpc) is 1.81. The van der Waals surface area contributed by atoms with E-state index in [4.69, 9.17) is 5.73 Å². The molecular weight excluding hydrogens is 138 g/mol. The van der Waals surface area contributed by atoms with E-state index in [1.165, 1.54) is 11.4 Å². The molecule has 3 nitrogen and oxygen atoms in total. The predicted octanol–water partition coefficient (Wildman–Crippen LogP) is 0.739. The second-order valence-electron chi connectivity index (χ2n) is 3.39. The molecule has 0 fully saturated rings. The Morgan fingerprint density at radius 3 is 2.36 bits per heavy atom. The number of aliphatic imine (C=N–C) groups is 2. The van der Waals surface area contributed by atoms with Crippen molar-refractivity contribution in [1.29, 1.82) is 0 Å². The molecule has 2 rings (SSSR count). The maximum atomic E-state index is 5.50. The Hall–Kier alpha value is -0.700. The van der Waals surface area contributed by atoms with Crippen LogP contribution in [0.2, 0.25) is 0 Å². The monoisotopic (exact) mass is 151 g/mol. The quantitative estimate of drug-likeness (QED) is 0.621. The minimum atomic E-state index is 0.0862. The van der Waals surface area contributed by atoms with Crippen LogP contribution in [0.5, 0.6) is 0 Å². The number of nitrogens with zero attached hydrogens (tertiary/aromatic N) is 2. The third kappa shape index (κ3) is 1.33. The zero-order valence-electron chi connectivity index (χ0n) is 6.75. The molecule has 2 aliphatic heterocycles. The van der Waals surface area contributed by atoms with Gasteiger partial charge in [-0.2, -0.15) is 0 Å². The van der Waals surface area contributed by atoms with Crippen LogP contribution in [-0.2, 0) is 0 Å². The van der Waals surface area contributed by atoms with Gasteiger partial charge in [0, 0.05) is 30.7 Å². The number of rotatable bonds is 2. The molecule has 2 unspecified atom stereocenters. The lowest BCUT2D eigenvalue weighted by Crippen LogP contribution is -2.34. The van der Waals surface area contributed by atoms with E-state index in [-0.39, 0.29) is 6.17 Å². The average molecular weight is 151 g/mol. The molecule has 0 aromatic carbocycles. The second kappa shape index (κ2) is 2.41. The smallest absolute Gasteiger partial charge is 0.102 e. The molecule has 0 saturated carbocycles. The molecule has 60 valence electrons. The summed E-state index contributed by atoms with van der Waals surface area (Å²) in [6.07, 6.45) is 3.21. The molecule has 0 spiro atoms. The molecule has 2 N–H and O–H groups in total. The van der Waals surface area contributed by atoms with Crippen molar-refractivity contribution < 1.29 is 0 Å². The Bertz CT molecular complexity index is 205. The lowest BCUT2D eigenvalue weighted by atomic mass is 9.96. The van der Waals surface area contributed by atoms with Gasteiger partial charge in [0.05, 0.1) is 6.04 Å². The summed E-state index contributed by atoms with van der Waals surface area (Å²) in [5, 5.41) is 0. The molecule has 0 radical (unpaired) electrons. The normalized spacial score (nSPS) is 35.1. The lowest BCUT2D eigenvalue weighted by molar-refractivity contribution is 0.662. The summed E-state index contributed by atoms with van der Waals surface area (Å²) in [6.45, 7) is 2.14. The van der Waals surface area contributed by atoms with Crippen LogP contribution in [-0.4, -0.2) is 23.6 Å². The first-order valence-electron chi connectivity index (χ1n) is 4.11. The molecular formula is C8H13N3. The molecule has 0 saturated heterocycles. The largest absolute Gasteiger partial charge is 0.309 e. The lowest BCUT2D eigenvalue weighted by Gasteiger charge is -2.25. The summed E-state index contributed by atoms with van der Waals surface area (Å²) in [6, 6.07) is 0.555. The van der Waals surface area contributed by atoms with Crippen LogP contribution in [0.15, 0.2) is 9.98 Å². The fraction of sp³-hybridized carbons (Fsp3) is 0.750. The minimum absolute atomic E-state index is 0.0862. The summed E-state index contributed by atoms with van der Waals surface area (Å²) in [5.41, 5.74) is 8.05. The summed E-state index contributed by atoms with van der Waals surface area (Å²) in [4.78, 5) is 8.55. The van der Waals surface area contributed by atoms with Crippen LogP contribution < -0.4 is 5.73 Å². The van der Waals surface area contributed by atoms with Gasteiger partial charge in [-0.1, -0.05) is 0 Å². The van der Waals surface area contributed by atoms with Gasteiger partial charge in [0.25, 0.3) is 0 Å². The molecule has 0 aromatic rings. The Labute approximate surface area is 66.4 Å². The van der Waals surface area contributed by atoms with E-state index in [9.17, 15) is 0 Å². The molecule has 0 aromatic heterocycles. The fourth-order valence-corrected chi connectivity index (χ4v) is 1.57. The van der Waals surface area contributed by atoms with E-state index in [1.807, 2.05) is 0 Å². The predicted molar refractivity (Wildman–Crippen MR) is 46.2 cm³/mol. The van der Waals surface area contributed by atoms with Crippen molar-refractivity contribution in [3.8, 4) is 0 Å². The van der Waals surface area contributed by atoms with E-state index in [1.54, 1.807) is 0 Å². The van der Waals surface area contributed by atoms with Crippen molar-refractivity contribution in [1.82, 2.24) is 0 Å². The van der Waals surface area contributed by atoms with Crippen LogP contribution in [0, 0.1) is 0 Å². The third-order valence-corrected chi connectivity index (χ3v) is 2.14. The van der Waals surface area contributed by atoms with Gasteiger partial charge < -0.3 is 5.73 Å². The summed E-state index contributed by atoms with van der Waals surface area (Å²) in [5.74, 6) is 0. The molecule has 3 heteroatoms. The van der Waals surface area contributed by atoms with E-state index in [2.05, 4.69) is 16.9 Å². The van der Waals surface area contributed by atoms with E-state index in [0.29, 0.717) is 6.04 Å². The molecule has 11 heavy (non-hydrogen) atoms. The summed E-state index contributed by atoms with van der Waals surface area (Å²) < 4.78 is 0. The molecule has 2 aliphatic rings. The molecule has 2 heterocycles. The SMILES string of the molecule is CC1CC(CC2=NC(N)C2)=N1. The Balaban J connectivity index is 1.84. The first-order chi connectivity index (χ1) is 5.24. The standard InChI is InChI=1S/C8H13N3/c1-5-2-6(10-5)3-7-4-8(9)11-7/h5,8H,2-4,9H2,1H3. The highest BCUT2D eigenvalue weighted by Gasteiger charge is 2.22. The van der Waals surface area contributed by atoms with Crippen LogP contribution in [0.4, 0.5) is 0 Å². The highest BCUT2D eigenvalue weighted by molar-refractivity contribution is 6.08. The molecule has 2 atom stereocenters. The Morgan fingerprint density at radius 2 is 1.91 bits per heavy atom. The Kier molecular flexibility index (Phi) is 1.53. The van der Waals surface area contributed by atoms with Crippen molar-refractivity contribution in [3.63, 3.8) is 0 Å². The van der Waals surface area contributed by atoms with Gasteiger partial charge in [0.2, 0.25) is 0 Å². The van der Waals surface area contributed by atoms with Crippen molar-refractivity contribution in [2.45, 2.75) is 38.4 Å². The zero-order chi connectivity index (χ0) is 7.84. The molecule has 0 amide bonds. The van der Waals surface area contributed by atoms with Crippen LogP contribution >= 0.6 is 0 Å². The minimum Gasteiger partial charge on any atom is -0.309 e. The van der Waals surface area contributed by atoms with E-state index >= 15 is 0 Å². The van der Waals surface area contributed by atoms with Gasteiger partial charge in [0.1, 0.15) is 6.17 Å². The van der Waals surface area contributed by atoms with E-state index in [0.717, 1.165) is 19.3 Å². The molecule has 0 bridgehead atoms. The third-order valence-electron chi connectivity index (χ3n) is 2.14. The maximum Gasteiger partial charge on any atom is 0.102 e. The number of hydrogen-bond acceptors (Lipinski definition) is 3. The summed E-state index contributed by atoms with van der Waals surface area (Å²) >= 11 is 0. The fourth-order valence-electron chi connectivity index (χ4n) is 1.57. The van der Waals surface area contributed by atoms with Crippen LogP contribution in [0.3, 0.4) is 0 Å². The van der Waals surface area contributed by atoms with Crippen LogP contribution in [0.25, 0.3) is 0 Å². The number of nitrogens with two attached hydrogens (primary N) is 1. The first-order valence-corrected chi connectivity index (χ1v) is 4.11. The highest BCUT2D eigenvalue weighted by Crippen LogP contribution is 2.19. The second-order valence-corrected chi connectivity index (χ2v) is 3.39. The van der Waals surface area contributed by atoms with Gasteiger partial charge in [-0.3, -0.25) is 9.98 Å². The van der Waals surface area contributed by atoms with Gasteiger partial charge in [-0.05, 0) is 6.92 Å². The van der Waals surface area contributed by atoms with E-state index < -0.39 is 0 Å².